The van der Waals surface area contributed by atoms with Gasteiger partial charge in [0.1, 0.15) is 0 Å². The maximum atomic E-state index is 11.7. The van der Waals surface area contributed by atoms with Crippen LogP contribution in [0.4, 0.5) is 0 Å². The fraction of sp³-hybridized carbons (Fsp3) is 0.417. The molecule has 0 fully saturated rings. The molecule has 0 aliphatic heterocycles. The molecular formula is C12H15Cl2NO3. The Kier molecular flexibility index (Phi) is 7.55. The van der Waals surface area contributed by atoms with E-state index in [-0.39, 0.29) is 18.3 Å². The normalized spacial score (nSPS) is 11.6. The maximum Gasteiger partial charge on any atom is 0.338 e. The smallest absolute Gasteiger partial charge is 0.338 e. The number of rotatable bonds is 5. The molecule has 1 aromatic rings. The zero-order valence-electron chi connectivity index (χ0n) is 10.1. The third-order valence-corrected chi connectivity index (χ3v) is 2.35. The molecule has 0 N–H and O–H groups in total. The lowest BCUT2D eigenvalue weighted by atomic mass is 10.1. The van der Waals surface area contributed by atoms with Crippen molar-refractivity contribution < 1.29 is 14.3 Å². The van der Waals surface area contributed by atoms with Crippen LogP contribution in [0.5, 0.6) is 0 Å². The van der Waals surface area contributed by atoms with E-state index >= 15 is 0 Å². The average molecular weight is 292 g/mol. The number of carbonyl (C=O) groups excluding carboxylic acids is 2. The molecule has 100 valence electrons. The topological polar surface area (TPSA) is 56.3 Å². The summed E-state index contributed by atoms with van der Waals surface area (Å²) in [6.45, 7) is 3.85. The summed E-state index contributed by atoms with van der Waals surface area (Å²) < 4.78 is 5.06. The molecule has 1 aromatic heterocycles. The van der Waals surface area contributed by atoms with E-state index in [9.17, 15) is 9.59 Å². The Morgan fingerprint density at radius 2 is 1.89 bits per heavy atom. The van der Waals surface area contributed by atoms with Crippen LogP contribution in [0.1, 0.15) is 30.6 Å². The van der Waals surface area contributed by atoms with Crippen LogP contribution in [0.15, 0.2) is 24.5 Å². The Labute approximate surface area is 117 Å². The molecule has 18 heavy (non-hydrogen) atoms. The van der Waals surface area contributed by atoms with Gasteiger partial charge in [0.15, 0.2) is 6.10 Å². The molecule has 0 aliphatic carbocycles. The Hall–Kier alpha value is -1.13. The fourth-order valence-corrected chi connectivity index (χ4v) is 1.43. The van der Waals surface area contributed by atoms with Gasteiger partial charge in [-0.25, -0.2) is 4.79 Å². The van der Waals surface area contributed by atoms with E-state index in [0.717, 1.165) is 0 Å². The van der Waals surface area contributed by atoms with Crippen LogP contribution in [0.25, 0.3) is 0 Å². The summed E-state index contributed by atoms with van der Waals surface area (Å²) in [5.74, 6) is -0.347. The van der Waals surface area contributed by atoms with Crippen molar-refractivity contribution in [3.63, 3.8) is 0 Å². The highest BCUT2D eigenvalue weighted by Crippen LogP contribution is 2.13. The molecule has 4 nitrogen and oxygen atoms in total. The largest absolute Gasteiger partial charge is 0.449 e. The van der Waals surface area contributed by atoms with Crippen LogP contribution in [-0.2, 0) is 9.53 Å². The van der Waals surface area contributed by atoms with Crippen LogP contribution < -0.4 is 0 Å². The molecule has 0 unspecified atom stereocenters. The highest BCUT2D eigenvalue weighted by atomic mass is 35.5. The van der Waals surface area contributed by atoms with Crippen molar-refractivity contribution in [2.75, 3.05) is 0 Å². The molecule has 1 rings (SSSR count). The van der Waals surface area contributed by atoms with E-state index in [1.54, 1.807) is 0 Å². The summed E-state index contributed by atoms with van der Waals surface area (Å²) in [5, 5.41) is -0.652. The number of ether oxygens (including phenoxy) is 1. The summed E-state index contributed by atoms with van der Waals surface area (Å²) in [5.41, 5.74) is 0.353. The molecule has 0 radical (unpaired) electrons. The van der Waals surface area contributed by atoms with Crippen LogP contribution in [0.2, 0.25) is 0 Å². The van der Waals surface area contributed by atoms with Crippen molar-refractivity contribution in [3.05, 3.63) is 30.1 Å². The first-order valence-electron chi connectivity index (χ1n) is 5.31. The van der Waals surface area contributed by atoms with Crippen molar-refractivity contribution in [2.24, 2.45) is 5.92 Å². The van der Waals surface area contributed by atoms with Gasteiger partial charge >= 0.3 is 5.97 Å². The van der Waals surface area contributed by atoms with Crippen molar-refractivity contribution in [2.45, 2.75) is 26.4 Å². The van der Waals surface area contributed by atoms with Gasteiger partial charge in [-0.1, -0.05) is 13.8 Å². The molecular weight excluding hydrogens is 277 g/mol. The van der Waals surface area contributed by atoms with E-state index in [2.05, 4.69) is 4.98 Å². The van der Waals surface area contributed by atoms with Crippen LogP contribution in [0, 0.1) is 5.92 Å². The second-order valence-corrected chi connectivity index (χ2v) is 4.44. The van der Waals surface area contributed by atoms with Crippen molar-refractivity contribution in [1.29, 1.82) is 0 Å². The zero-order valence-corrected chi connectivity index (χ0v) is 11.7. The number of nitrogens with zero attached hydrogens (tertiary/aromatic N) is 1. The third kappa shape index (κ3) is 5.47. The number of hydrogen-bond donors (Lipinski definition) is 0. The molecule has 0 aliphatic rings. The Bertz CT molecular complexity index is 396. The number of aromatic nitrogens is 1. The molecule has 0 amide bonds. The van der Waals surface area contributed by atoms with Gasteiger partial charge in [0.05, 0.1) is 5.56 Å². The number of carbonyl (C=O) groups is 2. The molecule has 0 aromatic carbocycles. The standard InChI is InChI=1S/C12H14ClNO3.ClH/c1-8(2)7-10(11(13)15)17-12(16)9-3-5-14-6-4-9;/h3-6,8,10H,7H2,1-2H3;1H/t10-;/m1./s1. The first kappa shape index (κ1) is 16.9. The van der Waals surface area contributed by atoms with E-state index in [0.29, 0.717) is 12.0 Å². The van der Waals surface area contributed by atoms with Crippen molar-refractivity contribution >= 4 is 35.2 Å². The maximum absolute atomic E-state index is 11.7. The Morgan fingerprint density at radius 1 is 1.33 bits per heavy atom. The molecule has 0 bridgehead atoms. The van der Waals surface area contributed by atoms with Gasteiger partial charge in [-0.05, 0) is 36.1 Å². The van der Waals surface area contributed by atoms with Gasteiger partial charge in [0.2, 0.25) is 0 Å². The quantitative estimate of drug-likeness (QED) is 0.618. The van der Waals surface area contributed by atoms with Crippen molar-refractivity contribution in [1.82, 2.24) is 4.98 Å². The lowest BCUT2D eigenvalue weighted by Crippen LogP contribution is -2.25. The van der Waals surface area contributed by atoms with Gasteiger partial charge in [-0.2, -0.15) is 0 Å². The molecule has 0 saturated carbocycles. The average Bonchev–Trinajstić information content (AvgIpc) is 2.28. The van der Waals surface area contributed by atoms with Gasteiger partial charge in [-0.15, -0.1) is 12.4 Å². The second-order valence-electron chi connectivity index (χ2n) is 4.06. The number of pyridine rings is 1. The minimum absolute atomic E-state index is 0. The minimum Gasteiger partial charge on any atom is -0.449 e. The lowest BCUT2D eigenvalue weighted by molar-refractivity contribution is -0.120. The number of esters is 1. The molecule has 1 heterocycles. The molecule has 6 heteroatoms. The van der Waals surface area contributed by atoms with E-state index in [1.165, 1.54) is 24.5 Å². The van der Waals surface area contributed by atoms with Crippen LogP contribution in [-0.4, -0.2) is 22.3 Å². The summed E-state index contributed by atoms with van der Waals surface area (Å²) in [6, 6.07) is 3.04. The molecule has 0 saturated heterocycles. The lowest BCUT2D eigenvalue weighted by Gasteiger charge is -2.15. The third-order valence-electron chi connectivity index (χ3n) is 2.10. The summed E-state index contributed by atoms with van der Waals surface area (Å²) in [7, 11) is 0. The van der Waals surface area contributed by atoms with Gasteiger partial charge in [-0.3, -0.25) is 9.78 Å². The number of hydrogen-bond acceptors (Lipinski definition) is 4. The predicted octanol–water partition coefficient (Wildman–Crippen LogP) is 2.84. The van der Waals surface area contributed by atoms with Crippen molar-refractivity contribution in [3.8, 4) is 0 Å². The highest BCUT2D eigenvalue weighted by molar-refractivity contribution is 6.64. The van der Waals surface area contributed by atoms with Crippen LogP contribution in [0.3, 0.4) is 0 Å². The van der Waals surface area contributed by atoms with Crippen LogP contribution >= 0.6 is 24.0 Å². The second kappa shape index (κ2) is 8.06. The fourth-order valence-electron chi connectivity index (χ4n) is 1.30. The van der Waals surface area contributed by atoms with E-state index in [4.69, 9.17) is 16.3 Å². The number of halogens is 2. The van der Waals surface area contributed by atoms with Gasteiger partial charge in [0, 0.05) is 12.4 Å². The zero-order chi connectivity index (χ0) is 12.8. The first-order valence-corrected chi connectivity index (χ1v) is 5.69. The van der Waals surface area contributed by atoms with Gasteiger partial charge < -0.3 is 4.74 Å². The van der Waals surface area contributed by atoms with E-state index in [1.807, 2.05) is 13.8 Å². The SMILES string of the molecule is CC(C)C[C@@H](OC(=O)c1ccncc1)C(=O)Cl.Cl. The molecule has 1 atom stereocenters. The Morgan fingerprint density at radius 3 is 2.33 bits per heavy atom. The summed E-state index contributed by atoms with van der Waals surface area (Å²) in [6.07, 6.45) is 2.49. The molecule has 0 spiro atoms. The first-order chi connectivity index (χ1) is 8.00. The highest BCUT2D eigenvalue weighted by Gasteiger charge is 2.22. The van der Waals surface area contributed by atoms with Gasteiger partial charge in [0.25, 0.3) is 5.24 Å². The predicted molar refractivity (Wildman–Crippen MR) is 71.0 cm³/mol. The minimum atomic E-state index is -0.891. The monoisotopic (exact) mass is 291 g/mol. The summed E-state index contributed by atoms with van der Waals surface area (Å²) >= 11 is 5.39. The van der Waals surface area contributed by atoms with E-state index < -0.39 is 17.3 Å². The summed E-state index contributed by atoms with van der Waals surface area (Å²) in [4.78, 5) is 26.6. The Balaban J connectivity index is 0.00000289.